The van der Waals surface area contributed by atoms with E-state index in [2.05, 4.69) is 9.97 Å². The van der Waals surface area contributed by atoms with Crippen molar-refractivity contribution in [2.24, 2.45) is 0 Å². The second-order valence-corrected chi connectivity index (χ2v) is 4.15. The fourth-order valence-corrected chi connectivity index (χ4v) is 1.85. The molecule has 0 aliphatic rings. The zero-order valence-corrected chi connectivity index (χ0v) is 10.9. The zero-order chi connectivity index (χ0) is 13.8. The van der Waals surface area contributed by atoms with Gasteiger partial charge in [0.15, 0.2) is 5.43 Å². The van der Waals surface area contributed by atoms with E-state index in [1.807, 2.05) is 6.92 Å². The third-order valence-corrected chi connectivity index (χ3v) is 2.82. The highest BCUT2D eigenvalue weighted by Gasteiger charge is 2.18. The maximum Gasteiger partial charge on any atom is 0.263 e. The van der Waals surface area contributed by atoms with E-state index in [4.69, 9.17) is 0 Å². The van der Waals surface area contributed by atoms with Gasteiger partial charge >= 0.3 is 0 Å². The van der Waals surface area contributed by atoms with Gasteiger partial charge in [-0.2, -0.15) is 0 Å². The summed E-state index contributed by atoms with van der Waals surface area (Å²) in [4.78, 5) is 32.6. The summed E-state index contributed by atoms with van der Waals surface area (Å²) in [6.07, 6.45) is 4.69. The Balaban J connectivity index is 2.39. The average molecular weight is 257 g/mol. The highest BCUT2D eigenvalue weighted by Crippen LogP contribution is 2.14. The summed E-state index contributed by atoms with van der Waals surface area (Å²) in [5.41, 5.74) is 1.33. The molecule has 5 heteroatoms. The van der Waals surface area contributed by atoms with Crippen molar-refractivity contribution in [2.75, 3.05) is 11.4 Å². The monoisotopic (exact) mass is 257 g/mol. The van der Waals surface area contributed by atoms with Gasteiger partial charge in [-0.05, 0) is 26.0 Å². The van der Waals surface area contributed by atoms with E-state index in [9.17, 15) is 9.59 Å². The number of nitrogens with one attached hydrogen (secondary N) is 1. The molecule has 2 heterocycles. The second kappa shape index (κ2) is 5.48. The Morgan fingerprint density at radius 1 is 1.37 bits per heavy atom. The fraction of sp³-hybridized carbons (Fsp3) is 0.214. The number of carbonyl (C=O) groups excluding carboxylic acids is 1. The summed E-state index contributed by atoms with van der Waals surface area (Å²) in [6, 6.07) is 4.90. The molecule has 0 saturated carbocycles. The first-order chi connectivity index (χ1) is 9.13. The molecular formula is C14H15N3O2. The van der Waals surface area contributed by atoms with Crippen LogP contribution in [0.2, 0.25) is 0 Å². The van der Waals surface area contributed by atoms with E-state index >= 15 is 0 Å². The first-order valence-electron chi connectivity index (χ1n) is 6.04. The molecule has 0 spiro atoms. The van der Waals surface area contributed by atoms with Gasteiger partial charge in [0.2, 0.25) is 0 Å². The summed E-state index contributed by atoms with van der Waals surface area (Å²) in [5, 5.41) is 0. The molecule has 0 aliphatic carbocycles. The number of aryl methyl sites for hydroxylation is 1. The molecule has 0 aromatic carbocycles. The van der Waals surface area contributed by atoms with Crippen LogP contribution < -0.4 is 10.3 Å². The van der Waals surface area contributed by atoms with Crippen LogP contribution in [-0.2, 0) is 0 Å². The Morgan fingerprint density at radius 3 is 2.63 bits per heavy atom. The van der Waals surface area contributed by atoms with Crippen LogP contribution in [0.15, 0.2) is 41.6 Å². The molecule has 0 saturated heterocycles. The minimum Gasteiger partial charge on any atom is -0.364 e. The van der Waals surface area contributed by atoms with Crippen molar-refractivity contribution in [2.45, 2.75) is 13.8 Å². The minimum absolute atomic E-state index is 0.143. The molecule has 1 amide bonds. The normalized spacial score (nSPS) is 10.2. The number of nitrogens with zero attached hydrogens (tertiary/aromatic N) is 2. The number of rotatable bonds is 3. The largest absolute Gasteiger partial charge is 0.364 e. The lowest BCUT2D eigenvalue weighted by Gasteiger charge is -2.20. The predicted molar refractivity (Wildman–Crippen MR) is 73.4 cm³/mol. The molecule has 0 aliphatic heterocycles. The molecule has 5 nitrogen and oxygen atoms in total. The highest BCUT2D eigenvalue weighted by molar-refractivity contribution is 6.05. The van der Waals surface area contributed by atoms with Crippen LogP contribution in [0.25, 0.3) is 0 Å². The van der Waals surface area contributed by atoms with Gasteiger partial charge < -0.3 is 9.88 Å². The van der Waals surface area contributed by atoms with Gasteiger partial charge in [-0.15, -0.1) is 0 Å². The van der Waals surface area contributed by atoms with E-state index < -0.39 is 0 Å². The van der Waals surface area contributed by atoms with E-state index in [0.717, 1.165) is 11.4 Å². The van der Waals surface area contributed by atoms with Crippen molar-refractivity contribution in [1.82, 2.24) is 9.97 Å². The van der Waals surface area contributed by atoms with Crippen LogP contribution in [0.5, 0.6) is 0 Å². The van der Waals surface area contributed by atoms with Crippen LogP contribution in [0.3, 0.4) is 0 Å². The topological polar surface area (TPSA) is 66.1 Å². The molecule has 2 rings (SSSR count). The molecular weight excluding hydrogens is 242 g/mol. The average Bonchev–Trinajstić information content (AvgIpc) is 2.40. The van der Waals surface area contributed by atoms with Crippen LogP contribution in [0, 0.1) is 6.92 Å². The molecule has 2 aromatic rings. The smallest absolute Gasteiger partial charge is 0.263 e. The quantitative estimate of drug-likeness (QED) is 0.910. The summed E-state index contributed by atoms with van der Waals surface area (Å²) in [6.45, 7) is 4.12. The summed E-state index contributed by atoms with van der Waals surface area (Å²) in [7, 11) is 0. The lowest BCUT2D eigenvalue weighted by atomic mass is 10.2. The maximum absolute atomic E-state index is 12.4. The molecule has 0 fully saturated rings. The fourth-order valence-electron chi connectivity index (χ4n) is 1.85. The summed E-state index contributed by atoms with van der Waals surface area (Å²) < 4.78 is 0. The van der Waals surface area contributed by atoms with Gasteiger partial charge in [0, 0.05) is 42.6 Å². The van der Waals surface area contributed by atoms with E-state index in [1.54, 1.807) is 36.4 Å². The molecule has 0 unspecified atom stereocenters. The van der Waals surface area contributed by atoms with Crippen LogP contribution in [0.1, 0.15) is 23.0 Å². The molecule has 2 aromatic heterocycles. The SMILES string of the molecule is CCN(C(=O)c1c[nH]c(C)cc1=O)c1ccncc1. The second-order valence-electron chi connectivity index (χ2n) is 4.15. The molecule has 98 valence electrons. The number of aromatic nitrogens is 2. The third-order valence-electron chi connectivity index (χ3n) is 2.82. The number of H-pyrrole nitrogens is 1. The Morgan fingerprint density at radius 2 is 2.05 bits per heavy atom. The van der Waals surface area contributed by atoms with Crippen molar-refractivity contribution < 1.29 is 4.79 Å². The molecule has 0 bridgehead atoms. The number of anilines is 1. The van der Waals surface area contributed by atoms with Gasteiger partial charge in [0.1, 0.15) is 5.56 Å². The zero-order valence-electron chi connectivity index (χ0n) is 10.9. The standard InChI is InChI=1S/C14H15N3O2/c1-3-17(11-4-6-15-7-5-11)14(19)12-9-16-10(2)8-13(12)18/h4-9H,3H2,1-2H3,(H,16,18). The number of pyridine rings is 2. The number of amides is 1. The highest BCUT2D eigenvalue weighted by atomic mass is 16.2. The molecule has 0 atom stereocenters. The molecule has 19 heavy (non-hydrogen) atoms. The molecule has 0 radical (unpaired) electrons. The van der Waals surface area contributed by atoms with Gasteiger partial charge in [0.05, 0.1) is 0 Å². The van der Waals surface area contributed by atoms with E-state index in [0.29, 0.717) is 6.54 Å². The minimum atomic E-state index is -0.310. The van der Waals surface area contributed by atoms with Crippen molar-refractivity contribution >= 4 is 11.6 Å². The van der Waals surface area contributed by atoms with Crippen molar-refractivity contribution in [3.63, 3.8) is 0 Å². The van der Waals surface area contributed by atoms with Gasteiger partial charge in [-0.1, -0.05) is 0 Å². The molecule has 1 N–H and O–H groups in total. The number of hydrogen-bond acceptors (Lipinski definition) is 3. The number of aromatic amines is 1. The van der Waals surface area contributed by atoms with E-state index in [1.165, 1.54) is 12.3 Å². The lowest BCUT2D eigenvalue weighted by molar-refractivity contribution is 0.0987. The van der Waals surface area contributed by atoms with Crippen LogP contribution in [-0.4, -0.2) is 22.4 Å². The van der Waals surface area contributed by atoms with Gasteiger partial charge in [-0.3, -0.25) is 14.6 Å². The van der Waals surface area contributed by atoms with Crippen molar-refractivity contribution in [3.8, 4) is 0 Å². The van der Waals surface area contributed by atoms with Crippen LogP contribution >= 0.6 is 0 Å². The Bertz CT molecular complexity index is 635. The van der Waals surface area contributed by atoms with Gasteiger partial charge in [-0.25, -0.2) is 0 Å². The van der Waals surface area contributed by atoms with Crippen molar-refractivity contribution in [3.05, 3.63) is 58.3 Å². The Hall–Kier alpha value is -2.43. The predicted octanol–water partition coefficient (Wildman–Crippen LogP) is 1.75. The number of hydrogen-bond donors (Lipinski definition) is 1. The Kier molecular flexibility index (Phi) is 3.75. The first kappa shape index (κ1) is 13.0. The van der Waals surface area contributed by atoms with E-state index in [-0.39, 0.29) is 16.9 Å². The lowest BCUT2D eigenvalue weighted by Crippen LogP contribution is -2.34. The Labute approximate surface area is 110 Å². The number of carbonyl (C=O) groups is 1. The van der Waals surface area contributed by atoms with Crippen LogP contribution in [0.4, 0.5) is 5.69 Å². The summed E-state index contributed by atoms with van der Waals surface area (Å²) >= 11 is 0. The third kappa shape index (κ3) is 2.70. The maximum atomic E-state index is 12.4. The summed E-state index contributed by atoms with van der Waals surface area (Å²) in [5.74, 6) is -0.310. The van der Waals surface area contributed by atoms with Crippen molar-refractivity contribution in [1.29, 1.82) is 0 Å². The van der Waals surface area contributed by atoms with Gasteiger partial charge in [0.25, 0.3) is 5.91 Å². The first-order valence-corrected chi connectivity index (χ1v) is 6.04.